The lowest BCUT2D eigenvalue weighted by Gasteiger charge is -2.32. The van der Waals surface area contributed by atoms with Crippen LogP contribution in [0, 0.1) is 0 Å². The summed E-state index contributed by atoms with van der Waals surface area (Å²) in [5.74, 6) is -1.59. The molecule has 0 N–H and O–H groups in total. The molecule has 0 saturated carbocycles. The van der Waals surface area contributed by atoms with Gasteiger partial charge in [0, 0.05) is 16.8 Å². The van der Waals surface area contributed by atoms with E-state index in [9.17, 15) is 18.0 Å². The molecule has 0 bridgehead atoms. The summed E-state index contributed by atoms with van der Waals surface area (Å²) in [6.45, 7) is 0. The number of halogens is 1. The molecule has 1 heterocycles. The third-order valence-electron chi connectivity index (χ3n) is 4.76. The Morgan fingerprint density at radius 2 is 1.33 bits per heavy atom. The largest absolute Gasteiger partial charge is 0.293 e. The molecule has 0 fully saturated rings. The number of benzene rings is 3. The van der Waals surface area contributed by atoms with Gasteiger partial charge in [-0.1, -0.05) is 60.1 Å². The maximum atomic E-state index is 13.5. The van der Waals surface area contributed by atoms with E-state index in [2.05, 4.69) is 0 Å². The molecule has 7 heteroatoms. The molecule has 1 aliphatic heterocycles. The molecule has 5 nitrogen and oxygen atoms in total. The van der Waals surface area contributed by atoms with Crippen LogP contribution >= 0.6 is 11.6 Å². The second-order valence-electron chi connectivity index (χ2n) is 6.69. The van der Waals surface area contributed by atoms with Gasteiger partial charge >= 0.3 is 0 Å². The van der Waals surface area contributed by atoms with E-state index in [0.717, 1.165) is 0 Å². The number of rotatable bonds is 4. The van der Waals surface area contributed by atoms with Gasteiger partial charge in [-0.2, -0.15) is 0 Å². The van der Waals surface area contributed by atoms with E-state index in [1.54, 1.807) is 54.6 Å². The van der Waals surface area contributed by atoms with Crippen molar-refractivity contribution in [2.24, 2.45) is 0 Å². The van der Waals surface area contributed by atoms with Gasteiger partial charge in [-0.3, -0.25) is 14.5 Å². The molecule has 3 aromatic rings. The number of sulfone groups is 1. The van der Waals surface area contributed by atoms with Gasteiger partial charge in [0.25, 0.3) is 5.91 Å². The summed E-state index contributed by atoms with van der Waals surface area (Å²) in [7, 11) is -4.27. The Morgan fingerprint density at radius 1 is 0.767 bits per heavy atom. The van der Waals surface area contributed by atoms with Crippen LogP contribution in [-0.2, 0) is 19.4 Å². The average Bonchev–Trinajstić information content (AvgIpc) is 2.74. The summed E-state index contributed by atoms with van der Waals surface area (Å²) >= 11 is 5.85. The molecule has 30 heavy (non-hydrogen) atoms. The monoisotopic (exact) mass is 437 g/mol. The first kappa shape index (κ1) is 20.1. The van der Waals surface area contributed by atoms with Gasteiger partial charge in [-0.25, -0.2) is 8.42 Å². The molecule has 1 atom stereocenters. The lowest BCUT2D eigenvalue weighted by atomic mass is 10.0. The smallest absolute Gasteiger partial charge is 0.258 e. The quantitative estimate of drug-likeness (QED) is 0.575. The van der Waals surface area contributed by atoms with Crippen molar-refractivity contribution in [3.63, 3.8) is 0 Å². The standard InChI is InChI=1S/C23H16ClNO4S/c24-17-11-13-19(14-12-17)30(28,29)22-21(26)15-20(16-7-3-1-4-8-16)25(23(22)27)18-9-5-2-6-10-18/h1-15,22H. The Labute approximate surface area is 179 Å². The third kappa shape index (κ3) is 3.56. The van der Waals surface area contributed by atoms with Crippen molar-refractivity contribution >= 4 is 44.5 Å². The second-order valence-corrected chi connectivity index (χ2v) is 9.16. The average molecular weight is 438 g/mol. The highest BCUT2D eigenvalue weighted by Crippen LogP contribution is 2.33. The number of nitrogens with zero attached hydrogens (tertiary/aromatic N) is 1. The number of para-hydroxylation sites is 1. The first-order valence-corrected chi connectivity index (χ1v) is 11.0. The Kier molecular flexibility index (Phi) is 5.28. The van der Waals surface area contributed by atoms with Crippen molar-refractivity contribution in [3.05, 3.63) is 102 Å². The highest BCUT2D eigenvalue weighted by atomic mass is 35.5. The molecule has 0 aromatic heterocycles. The number of allylic oxidation sites excluding steroid dienone is 1. The lowest BCUT2D eigenvalue weighted by Crippen LogP contribution is -2.49. The number of carbonyl (C=O) groups excluding carboxylic acids is 2. The van der Waals surface area contributed by atoms with E-state index < -0.39 is 26.8 Å². The first-order valence-electron chi connectivity index (χ1n) is 9.09. The van der Waals surface area contributed by atoms with Crippen molar-refractivity contribution in [1.82, 2.24) is 0 Å². The molecular weight excluding hydrogens is 422 g/mol. The number of ketones is 1. The minimum Gasteiger partial charge on any atom is -0.293 e. The molecule has 0 spiro atoms. The van der Waals surface area contributed by atoms with E-state index in [1.807, 2.05) is 6.07 Å². The molecule has 150 valence electrons. The van der Waals surface area contributed by atoms with E-state index >= 15 is 0 Å². The maximum absolute atomic E-state index is 13.5. The predicted octanol–water partition coefficient (Wildman–Crippen LogP) is 4.14. The van der Waals surface area contributed by atoms with Gasteiger partial charge in [-0.15, -0.1) is 0 Å². The number of amides is 1. The van der Waals surface area contributed by atoms with Crippen LogP contribution in [0.5, 0.6) is 0 Å². The van der Waals surface area contributed by atoms with Crippen LogP contribution in [0.4, 0.5) is 5.69 Å². The fraction of sp³-hybridized carbons (Fsp3) is 0.0435. The zero-order valence-corrected chi connectivity index (χ0v) is 17.2. The fourth-order valence-corrected chi connectivity index (χ4v) is 5.00. The molecule has 1 amide bonds. The van der Waals surface area contributed by atoms with Crippen molar-refractivity contribution < 1.29 is 18.0 Å². The summed E-state index contributed by atoms with van der Waals surface area (Å²) in [5, 5.41) is -1.52. The van der Waals surface area contributed by atoms with Gasteiger partial charge in [0.15, 0.2) is 15.6 Å². The van der Waals surface area contributed by atoms with E-state index in [-0.39, 0.29) is 4.90 Å². The number of hydrogen-bond donors (Lipinski definition) is 0. The highest BCUT2D eigenvalue weighted by Gasteiger charge is 2.46. The molecular formula is C23H16ClNO4S. The number of anilines is 1. The summed E-state index contributed by atoms with van der Waals surface area (Å²) in [6.07, 6.45) is 1.22. The Balaban J connectivity index is 1.88. The molecule has 1 aliphatic rings. The van der Waals surface area contributed by atoms with E-state index in [1.165, 1.54) is 35.2 Å². The maximum Gasteiger partial charge on any atom is 0.258 e. The molecule has 0 aliphatic carbocycles. The zero-order chi connectivity index (χ0) is 21.3. The van der Waals surface area contributed by atoms with E-state index in [0.29, 0.717) is 22.0 Å². The molecule has 4 rings (SSSR count). The van der Waals surface area contributed by atoms with Gasteiger partial charge in [0.05, 0.1) is 10.6 Å². The van der Waals surface area contributed by atoms with Crippen LogP contribution in [0.25, 0.3) is 5.70 Å². The van der Waals surface area contributed by atoms with Crippen LogP contribution in [-0.4, -0.2) is 25.4 Å². The van der Waals surface area contributed by atoms with Crippen molar-refractivity contribution in [2.45, 2.75) is 10.1 Å². The van der Waals surface area contributed by atoms with Crippen LogP contribution in [0.1, 0.15) is 5.56 Å². The summed E-state index contributed by atoms with van der Waals surface area (Å²) in [5.41, 5.74) is 1.44. The Bertz CT molecular complexity index is 1240. The highest BCUT2D eigenvalue weighted by molar-refractivity contribution is 7.93. The van der Waals surface area contributed by atoms with Crippen molar-refractivity contribution in [1.29, 1.82) is 0 Å². The van der Waals surface area contributed by atoms with Gasteiger partial charge in [0.1, 0.15) is 0 Å². The fourth-order valence-electron chi connectivity index (χ4n) is 3.34. The Morgan fingerprint density at radius 3 is 1.93 bits per heavy atom. The molecule has 3 aromatic carbocycles. The van der Waals surface area contributed by atoms with Crippen LogP contribution in [0.3, 0.4) is 0 Å². The molecule has 0 radical (unpaired) electrons. The number of carbonyl (C=O) groups is 2. The molecule has 1 unspecified atom stereocenters. The van der Waals surface area contributed by atoms with Crippen LogP contribution in [0.2, 0.25) is 5.02 Å². The van der Waals surface area contributed by atoms with E-state index in [4.69, 9.17) is 11.6 Å². The second kappa shape index (κ2) is 7.89. The minimum absolute atomic E-state index is 0.136. The normalized spacial score (nSPS) is 17.0. The zero-order valence-electron chi connectivity index (χ0n) is 15.6. The summed E-state index contributed by atoms with van der Waals surface area (Å²) in [6, 6.07) is 23.0. The topological polar surface area (TPSA) is 71.5 Å². The predicted molar refractivity (Wildman–Crippen MR) is 116 cm³/mol. The first-order chi connectivity index (χ1) is 14.4. The van der Waals surface area contributed by atoms with Gasteiger partial charge in [0.2, 0.25) is 5.25 Å². The van der Waals surface area contributed by atoms with Crippen LogP contribution in [0.15, 0.2) is 95.9 Å². The van der Waals surface area contributed by atoms with Crippen LogP contribution < -0.4 is 4.90 Å². The van der Waals surface area contributed by atoms with Gasteiger partial charge in [-0.05, 0) is 42.0 Å². The lowest BCUT2D eigenvalue weighted by molar-refractivity contribution is -0.123. The van der Waals surface area contributed by atoms with Crippen molar-refractivity contribution in [3.8, 4) is 0 Å². The van der Waals surface area contributed by atoms with Gasteiger partial charge < -0.3 is 0 Å². The summed E-state index contributed by atoms with van der Waals surface area (Å²) < 4.78 is 26.4. The third-order valence-corrected chi connectivity index (χ3v) is 7.00. The Hall–Kier alpha value is -3.22. The number of hydrogen-bond acceptors (Lipinski definition) is 4. The summed E-state index contributed by atoms with van der Waals surface area (Å²) in [4.78, 5) is 27.5. The molecule has 0 saturated heterocycles. The van der Waals surface area contributed by atoms with Crippen molar-refractivity contribution in [2.75, 3.05) is 4.90 Å². The SMILES string of the molecule is O=C1C=C(c2ccccc2)N(c2ccccc2)C(=O)C1S(=O)(=O)c1ccc(Cl)cc1. The minimum atomic E-state index is -4.27.